The minimum absolute atomic E-state index is 0.00549. The normalized spacial score (nSPS) is 28.0. The van der Waals surface area contributed by atoms with Crippen molar-refractivity contribution in [2.24, 2.45) is 29.6 Å². The summed E-state index contributed by atoms with van der Waals surface area (Å²) in [5.74, 6) is -1.35. The van der Waals surface area contributed by atoms with E-state index in [1.807, 2.05) is 36.4 Å². The summed E-state index contributed by atoms with van der Waals surface area (Å²) in [6.45, 7) is -0.240. The van der Waals surface area contributed by atoms with Crippen molar-refractivity contribution in [3.05, 3.63) is 105 Å². The molecule has 1 aromatic heterocycles. The Morgan fingerprint density at radius 1 is 0.955 bits per heavy atom. The van der Waals surface area contributed by atoms with E-state index < -0.39 is 5.82 Å². The number of para-hydroxylation sites is 1. The van der Waals surface area contributed by atoms with Crippen molar-refractivity contribution in [2.45, 2.75) is 22.6 Å². The molecule has 2 aliphatic heterocycles. The molecule has 8 rings (SSSR count). The molecule has 7 atom stereocenters. The fraction of sp³-hybridized carbons (Fsp3) is 0.273. The number of aromatic amines is 1. The van der Waals surface area contributed by atoms with Gasteiger partial charge in [0.05, 0.1) is 22.5 Å². The highest BCUT2D eigenvalue weighted by atomic mass is 32.2. The van der Waals surface area contributed by atoms with Gasteiger partial charge in [-0.1, -0.05) is 41.7 Å². The summed E-state index contributed by atoms with van der Waals surface area (Å²) in [6.07, 6.45) is 0.799. The van der Waals surface area contributed by atoms with Crippen LogP contribution in [0, 0.1) is 35.4 Å². The Morgan fingerprint density at radius 2 is 1.70 bits per heavy atom. The molecule has 222 valence electrons. The largest absolute Gasteiger partial charge is 0.484 e. The predicted molar refractivity (Wildman–Crippen MR) is 164 cm³/mol. The lowest BCUT2D eigenvalue weighted by Crippen LogP contribution is -2.42. The van der Waals surface area contributed by atoms with Crippen LogP contribution in [-0.4, -0.2) is 34.6 Å². The number of halogens is 1. The number of carbonyl (C=O) groups is 3. The van der Waals surface area contributed by atoms with E-state index in [2.05, 4.69) is 10.3 Å². The van der Waals surface area contributed by atoms with Crippen molar-refractivity contribution >= 4 is 52.2 Å². The van der Waals surface area contributed by atoms with Gasteiger partial charge in [-0.05, 0) is 78.3 Å². The number of rotatable bonds is 6. The van der Waals surface area contributed by atoms with Crippen molar-refractivity contribution in [1.29, 1.82) is 0 Å². The van der Waals surface area contributed by atoms with Crippen LogP contribution < -0.4 is 19.8 Å². The molecule has 4 aliphatic rings. The number of nitrogens with zero attached hydrogens (tertiary/aromatic N) is 1. The lowest BCUT2D eigenvalue weighted by Gasteiger charge is -2.43. The van der Waals surface area contributed by atoms with Crippen LogP contribution in [0.2, 0.25) is 0 Å². The van der Waals surface area contributed by atoms with Crippen LogP contribution in [0.5, 0.6) is 5.75 Å². The average Bonchev–Trinajstić information content (AvgIpc) is 3.76. The molecule has 3 heterocycles. The van der Waals surface area contributed by atoms with Gasteiger partial charge in [0, 0.05) is 21.7 Å². The number of carbonyl (C=O) groups excluding carboxylic acids is 3. The van der Waals surface area contributed by atoms with Gasteiger partial charge in [-0.3, -0.25) is 24.1 Å². The smallest absolute Gasteiger partial charge is 0.305 e. The molecule has 1 saturated heterocycles. The van der Waals surface area contributed by atoms with Gasteiger partial charge in [-0.15, -0.1) is 11.8 Å². The maximum Gasteiger partial charge on any atom is 0.305 e. The zero-order valence-electron chi connectivity index (χ0n) is 23.1. The minimum atomic E-state index is -0.390. The third-order valence-electron chi connectivity index (χ3n) is 9.45. The summed E-state index contributed by atoms with van der Waals surface area (Å²) >= 11 is 2.84. The molecule has 0 radical (unpaired) electrons. The highest BCUT2D eigenvalue weighted by molar-refractivity contribution is 8.00. The summed E-state index contributed by atoms with van der Waals surface area (Å²) in [5, 5.41) is 3.59. The molecule has 8 nitrogen and oxygen atoms in total. The number of fused-ring (bicyclic) bond motifs is 9. The monoisotopic (exact) mass is 627 g/mol. The van der Waals surface area contributed by atoms with Crippen LogP contribution >= 0.6 is 23.1 Å². The van der Waals surface area contributed by atoms with E-state index in [1.165, 1.54) is 40.5 Å². The Labute approximate surface area is 259 Å². The maximum atomic E-state index is 13.9. The van der Waals surface area contributed by atoms with Gasteiger partial charge in [-0.25, -0.2) is 4.39 Å². The molecule has 2 saturated carbocycles. The second-order valence-electron chi connectivity index (χ2n) is 11.7. The quantitative estimate of drug-likeness (QED) is 0.282. The van der Waals surface area contributed by atoms with Crippen LogP contribution in [0.1, 0.15) is 22.8 Å². The van der Waals surface area contributed by atoms with E-state index in [1.54, 1.807) is 30.0 Å². The molecule has 4 aromatic rings. The molecule has 44 heavy (non-hydrogen) atoms. The molecular formula is C33H26FN3O5S2. The first-order valence-electron chi connectivity index (χ1n) is 14.5. The van der Waals surface area contributed by atoms with Gasteiger partial charge in [0.15, 0.2) is 6.61 Å². The Morgan fingerprint density at radius 3 is 2.48 bits per heavy atom. The number of ether oxygens (including phenoxy) is 1. The molecule has 3 amide bonds. The first-order chi connectivity index (χ1) is 21.4. The number of thioether (sulfide) groups is 1. The third-order valence-corrected chi connectivity index (χ3v) is 12.0. The third kappa shape index (κ3) is 4.32. The summed E-state index contributed by atoms with van der Waals surface area (Å²) in [4.78, 5) is 57.9. The number of nitrogens with one attached hydrogen (secondary N) is 2. The molecular weight excluding hydrogens is 602 g/mol. The van der Waals surface area contributed by atoms with Crippen molar-refractivity contribution in [3.8, 4) is 5.75 Å². The number of aromatic nitrogens is 1. The number of amides is 3. The van der Waals surface area contributed by atoms with Crippen molar-refractivity contribution < 1.29 is 23.5 Å². The molecule has 4 unspecified atom stereocenters. The van der Waals surface area contributed by atoms with Gasteiger partial charge in [-0.2, -0.15) is 0 Å². The van der Waals surface area contributed by atoms with Gasteiger partial charge >= 0.3 is 4.87 Å². The lowest BCUT2D eigenvalue weighted by molar-refractivity contribution is -0.123. The Balaban J connectivity index is 1.09. The van der Waals surface area contributed by atoms with Crippen LogP contribution in [-0.2, 0) is 14.4 Å². The second-order valence-corrected chi connectivity index (χ2v) is 13.9. The number of hydrogen-bond donors (Lipinski definition) is 2. The fourth-order valence-corrected chi connectivity index (χ4v) is 10.8. The van der Waals surface area contributed by atoms with Crippen molar-refractivity contribution in [1.82, 2.24) is 4.98 Å². The highest BCUT2D eigenvalue weighted by Crippen LogP contribution is 2.68. The number of imide groups is 1. The lowest BCUT2D eigenvalue weighted by atomic mass is 9.68. The zero-order chi connectivity index (χ0) is 30.1. The maximum absolute atomic E-state index is 13.9. The first kappa shape index (κ1) is 27.3. The Hall–Kier alpha value is -4.22. The van der Waals surface area contributed by atoms with E-state index in [0.29, 0.717) is 17.1 Å². The summed E-state index contributed by atoms with van der Waals surface area (Å²) in [6, 6.07) is 22.2. The second kappa shape index (κ2) is 10.4. The average molecular weight is 628 g/mol. The molecule has 11 heteroatoms. The summed E-state index contributed by atoms with van der Waals surface area (Å²) in [7, 11) is 0. The number of benzene rings is 3. The van der Waals surface area contributed by atoms with Crippen LogP contribution in [0.4, 0.5) is 15.8 Å². The minimum Gasteiger partial charge on any atom is -0.484 e. The van der Waals surface area contributed by atoms with E-state index in [4.69, 9.17) is 4.74 Å². The molecule has 0 spiro atoms. The molecule has 3 fully saturated rings. The highest BCUT2D eigenvalue weighted by Gasteiger charge is 2.69. The van der Waals surface area contributed by atoms with E-state index >= 15 is 0 Å². The predicted octanol–water partition coefficient (Wildman–Crippen LogP) is 5.27. The first-order valence-corrected chi connectivity index (χ1v) is 16.2. The number of H-pyrrole nitrogens is 1. The van der Waals surface area contributed by atoms with E-state index in [-0.39, 0.29) is 70.0 Å². The van der Waals surface area contributed by atoms with Crippen LogP contribution in [0.3, 0.4) is 0 Å². The van der Waals surface area contributed by atoms with E-state index in [0.717, 1.165) is 21.9 Å². The van der Waals surface area contributed by atoms with Crippen molar-refractivity contribution in [3.63, 3.8) is 0 Å². The number of hydrogen-bond acceptors (Lipinski definition) is 7. The molecule has 2 aliphatic carbocycles. The zero-order valence-corrected chi connectivity index (χ0v) is 24.8. The topological polar surface area (TPSA) is 109 Å². The number of anilines is 2. The van der Waals surface area contributed by atoms with Gasteiger partial charge in [0.25, 0.3) is 5.91 Å². The van der Waals surface area contributed by atoms with Gasteiger partial charge < -0.3 is 15.0 Å². The summed E-state index contributed by atoms with van der Waals surface area (Å²) in [5.41, 5.74) is 2.02. The Kier molecular flexibility index (Phi) is 6.49. The van der Waals surface area contributed by atoms with Crippen LogP contribution in [0.25, 0.3) is 0 Å². The van der Waals surface area contributed by atoms with Crippen LogP contribution in [0.15, 0.2) is 88.7 Å². The standard InChI is InChI=1S/C33H26FN3O5S2/c34-17-9-11-18(12-10-17)35-23(38)15-42-20-8-4-5-16(13-20)24-25-21-14-22(28(25)43-30-29(24)44-33(41)36-30)27-26(21)31(39)37(32(27)40)19-6-2-1-3-7-19/h1-13,21-22,24-28H,14-15H2,(H,35,38)(H,36,41)/t21-,22-,24-,25?,26?,27?,28?/m1/s1. The number of thiazole rings is 1. The fourth-order valence-electron chi connectivity index (χ4n) is 7.90. The Bertz CT molecular complexity index is 1860. The van der Waals surface area contributed by atoms with Gasteiger partial charge in [0.2, 0.25) is 11.8 Å². The molecule has 2 bridgehead atoms. The van der Waals surface area contributed by atoms with E-state index in [9.17, 15) is 23.6 Å². The molecule has 2 N–H and O–H groups in total. The summed E-state index contributed by atoms with van der Waals surface area (Å²) < 4.78 is 19.1. The molecule has 3 aromatic carbocycles. The van der Waals surface area contributed by atoms with Gasteiger partial charge in [0.1, 0.15) is 11.6 Å². The van der Waals surface area contributed by atoms with Crippen molar-refractivity contribution in [2.75, 3.05) is 16.8 Å². The SMILES string of the molecule is O=C(COc1cccc([C@H]2c3sc(=O)[nH]c3SC3C2[C@H]2C[C@@H]3C3C(=O)N(c4ccccc4)C(=O)C32)c1)Nc1ccc(F)cc1.